The van der Waals surface area contributed by atoms with Crippen LogP contribution in [0.5, 0.6) is 28.7 Å². The fraction of sp³-hybridized carbons (Fsp3) is 0.519. The summed E-state index contributed by atoms with van der Waals surface area (Å²) in [4.78, 5) is 14.1. The van der Waals surface area contributed by atoms with Gasteiger partial charge in [0.05, 0.1) is 12.2 Å². The van der Waals surface area contributed by atoms with E-state index < -0.39 is 96.7 Å². The van der Waals surface area contributed by atoms with Gasteiger partial charge in [0.2, 0.25) is 12.1 Å². The molecule has 230 valence electrons. The molecule has 0 aliphatic carbocycles. The molecular formula is C27H32O15. The van der Waals surface area contributed by atoms with E-state index in [1.165, 1.54) is 19.9 Å². The summed E-state index contributed by atoms with van der Waals surface area (Å²) in [5, 5.41) is 91.8. The zero-order valence-electron chi connectivity index (χ0n) is 22.3. The minimum absolute atomic E-state index is 0.121. The number of ether oxygens (including phenoxy) is 5. The second-order valence-corrected chi connectivity index (χ2v) is 10.5. The Bertz CT molecular complexity index is 1320. The lowest BCUT2D eigenvalue weighted by Crippen LogP contribution is -2.59. The first kappa shape index (κ1) is 30.2. The number of carbonyl (C=O) groups excluding carboxylic acids is 1. The molecule has 3 heterocycles. The van der Waals surface area contributed by atoms with Crippen LogP contribution in [0.1, 0.15) is 35.9 Å². The molecule has 0 amide bonds. The summed E-state index contributed by atoms with van der Waals surface area (Å²) in [6.07, 6.45) is -18.1. The molecule has 0 spiro atoms. The van der Waals surface area contributed by atoms with E-state index in [0.29, 0.717) is 0 Å². The number of phenols is 3. The maximum absolute atomic E-state index is 14.1. The summed E-state index contributed by atoms with van der Waals surface area (Å²) in [5.41, 5.74) is -0.184. The molecule has 0 bridgehead atoms. The van der Waals surface area contributed by atoms with Crippen molar-refractivity contribution in [3.05, 3.63) is 41.5 Å². The van der Waals surface area contributed by atoms with Gasteiger partial charge in [0.25, 0.3) is 0 Å². The van der Waals surface area contributed by atoms with Crippen LogP contribution < -0.4 is 9.47 Å². The average molecular weight is 597 g/mol. The van der Waals surface area contributed by atoms with Crippen molar-refractivity contribution in [3.8, 4) is 28.7 Å². The van der Waals surface area contributed by atoms with E-state index in [1.807, 2.05) is 0 Å². The Kier molecular flexibility index (Phi) is 8.23. The number of phenolic OH excluding ortho intramolecular Hbond substituents is 3. The van der Waals surface area contributed by atoms with Gasteiger partial charge in [-0.25, -0.2) is 0 Å². The number of benzene rings is 2. The Morgan fingerprint density at radius 2 is 1.31 bits per heavy atom. The van der Waals surface area contributed by atoms with Crippen LogP contribution >= 0.6 is 0 Å². The second-order valence-electron chi connectivity index (χ2n) is 10.5. The molecule has 12 unspecified atom stereocenters. The quantitative estimate of drug-likeness (QED) is 0.179. The van der Waals surface area contributed by atoms with Crippen LogP contribution in [0.15, 0.2) is 30.3 Å². The Morgan fingerprint density at radius 1 is 0.714 bits per heavy atom. The predicted molar refractivity (Wildman–Crippen MR) is 136 cm³/mol. The van der Waals surface area contributed by atoms with Crippen molar-refractivity contribution in [2.45, 2.75) is 87.5 Å². The molecule has 12 atom stereocenters. The molecule has 2 aromatic carbocycles. The number of rotatable bonds is 5. The van der Waals surface area contributed by atoms with Gasteiger partial charge in [0.1, 0.15) is 59.4 Å². The number of fused-ring (bicyclic) bond motifs is 1. The first-order valence-electron chi connectivity index (χ1n) is 13.1. The lowest BCUT2D eigenvalue weighted by molar-refractivity contribution is -0.304. The van der Waals surface area contributed by atoms with Crippen molar-refractivity contribution in [3.63, 3.8) is 0 Å². The summed E-state index contributed by atoms with van der Waals surface area (Å²) in [7, 11) is 0. The number of carbonyl (C=O) groups is 1. The number of aliphatic hydroxyl groups excluding tert-OH is 6. The summed E-state index contributed by atoms with van der Waals surface area (Å²) in [6, 6.07) is 5.69. The van der Waals surface area contributed by atoms with E-state index in [-0.39, 0.29) is 22.6 Å². The van der Waals surface area contributed by atoms with Gasteiger partial charge >= 0.3 is 0 Å². The third kappa shape index (κ3) is 5.34. The summed E-state index contributed by atoms with van der Waals surface area (Å²) in [6.45, 7) is 2.84. The van der Waals surface area contributed by atoms with Crippen LogP contribution in [-0.2, 0) is 14.2 Å². The molecule has 5 rings (SSSR count). The largest absolute Gasteiger partial charge is 0.508 e. The highest BCUT2D eigenvalue weighted by molar-refractivity contribution is 6.06. The monoisotopic (exact) mass is 596 g/mol. The van der Waals surface area contributed by atoms with Gasteiger partial charge < -0.3 is 69.6 Å². The van der Waals surface area contributed by atoms with Gasteiger partial charge in [0, 0.05) is 12.1 Å². The maximum atomic E-state index is 14.1. The second kappa shape index (κ2) is 11.4. The van der Waals surface area contributed by atoms with Crippen molar-refractivity contribution >= 4 is 5.78 Å². The van der Waals surface area contributed by atoms with Gasteiger partial charge in [-0.2, -0.15) is 0 Å². The fourth-order valence-corrected chi connectivity index (χ4v) is 5.08. The van der Waals surface area contributed by atoms with Gasteiger partial charge in [-0.15, -0.1) is 0 Å². The first-order valence-corrected chi connectivity index (χ1v) is 13.1. The Balaban J connectivity index is 1.54. The number of aromatic hydroxyl groups is 3. The molecule has 2 fully saturated rings. The number of hydrogen-bond donors (Lipinski definition) is 9. The standard InChI is InChI=1S/C27H32O15/c1-8-17(31)20(34)22(36)26(38-8)41-15-7-11(28)6-14-16(15)19(33)25(24(40-14)10-3-4-12(29)13(30)5-10)42-27-23(37)21(35)18(32)9(2)39-27/h3-9,17-18,20-32,34-37H,1-2H3. The predicted octanol–water partition coefficient (Wildman–Crippen LogP) is -1.46. The molecule has 15 nitrogen and oxygen atoms in total. The van der Waals surface area contributed by atoms with Crippen LogP contribution in [0.4, 0.5) is 0 Å². The van der Waals surface area contributed by atoms with Gasteiger partial charge in [-0.1, -0.05) is 6.07 Å². The van der Waals surface area contributed by atoms with Gasteiger partial charge in [-0.3, -0.25) is 4.79 Å². The highest BCUT2D eigenvalue weighted by atomic mass is 16.7. The zero-order chi connectivity index (χ0) is 30.6. The van der Waals surface area contributed by atoms with E-state index in [4.69, 9.17) is 23.7 Å². The summed E-state index contributed by atoms with van der Waals surface area (Å²) >= 11 is 0. The van der Waals surface area contributed by atoms with Gasteiger partial charge in [-0.05, 0) is 31.5 Å². The van der Waals surface area contributed by atoms with Crippen LogP contribution in [-0.4, -0.2) is 119 Å². The van der Waals surface area contributed by atoms with Crippen LogP contribution in [0.3, 0.4) is 0 Å². The molecule has 2 aromatic rings. The number of Topliss-reactive ketones (excluding diaryl/α,β-unsaturated/α-hetero) is 1. The highest BCUT2D eigenvalue weighted by Crippen LogP contribution is 2.45. The number of hydrogen-bond acceptors (Lipinski definition) is 15. The van der Waals surface area contributed by atoms with E-state index in [0.717, 1.165) is 24.3 Å². The normalized spacial score (nSPS) is 38.4. The Morgan fingerprint density at radius 3 is 1.93 bits per heavy atom. The lowest BCUT2D eigenvalue weighted by atomic mass is 9.91. The molecule has 3 aliphatic heterocycles. The Hall–Kier alpha value is -3.25. The van der Waals surface area contributed by atoms with Crippen molar-refractivity contribution in [2.24, 2.45) is 0 Å². The van der Waals surface area contributed by atoms with E-state index >= 15 is 0 Å². The molecule has 0 aromatic heterocycles. The lowest BCUT2D eigenvalue weighted by Gasteiger charge is -2.42. The smallest absolute Gasteiger partial charge is 0.229 e. The topological polar surface area (TPSA) is 245 Å². The molecule has 2 saturated heterocycles. The first-order chi connectivity index (χ1) is 19.8. The third-order valence-corrected chi connectivity index (χ3v) is 7.55. The fourth-order valence-electron chi connectivity index (χ4n) is 5.08. The van der Waals surface area contributed by atoms with Crippen LogP contribution in [0, 0.1) is 0 Å². The van der Waals surface area contributed by atoms with Crippen molar-refractivity contribution in [1.82, 2.24) is 0 Å². The SMILES string of the molecule is CC1OC(Oc2cc(O)cc3c2C(=O)C(OC2OC(C)C(O)C(O)C2O)C(c2ccc(O)c(O)c2)O3)C(O)C(O)C1O. The van der Waals surface area contributed by atoms with E-state index in [9.17, 15) is 50.8 Å². The van der Waals surface area contributed by atoms with Crippen LogP contribution in [0.25, 0.3) is 0 Å². The summed E-state index contributed by atoms with van der Waals surface area (Å²) in [5.74, 6) is -2.88. The molecular weight excluding hydrogens is 564 g/mol. The molecule has 0 saturated carbocycles. The highest BCUT2D eigenvalue weighted by Gasteiger charge is 2.49. The van der Waals surface area contributed by atoms with Crippen molar-refractivity contribution in [2.75, 3.05) is 0 Å². The maximum Gasteiger partial charge on any atom is 0.229 e. The number of ketones is 1. The van der Waals surface area contributed by atoms with E-state index in [1.54, 1.807) is 0 Å². The van der Waals surface area contributed by atoms with Crippen LogP contribution in [0.2, 0.25) is 0 Å². The zero-order valence-corrected chi connectivity index (χ0v) is 22.3. The summed E-state index contributed by atoms with van der Waals surface area (Å²) < 4.78 is 28.5. The number of aliphatic hydroxyl groups is 6. The van der Waals surface area contributed by atoms with Crippen molar-refractivity contribution < 1.29 is 74.4 Å². The Labute approximate surface area is 238 Å². The molecule has 15 heteroatoms. The minimum atomic E-state index is -1.80. The molecule has 9 N–H and O–H groups in total. The van der Waals surface area contributed by atoms with Crippen molar-refractivity contribution in [1.29, 1.82) is 0 Å². The third-order valence-electron chi connectivity index (χ3n) is 7.55. The minimum Gasteiger partial charge on any atom is -0.508 e. The molecule has 0 radical (unpaired) electrons. The molecule has 3 aliphatic rings. The average Bonchev–Trinajstić information content (AvgIpc) is 2.94. The molecule has 42 heavy (non-hydrogen) atoms. The van der Waals surface area contributed by atoms with Gasteiger partial charge in [0.15, 0.2) is 30.0 Å². The van der Waals surface area contributed by atoms with E-state index in [2.05, 4.69) is 0 Å².